The lowest BCUT2D eigenvalue weighted by Gasteiger charge is -2.53. The number of rotatable bonds is 3. The van der Waals surface area contributed by atoms with Gasteiger partial charge < -0.3 is 10.2 Å². The van der Waals surface area contributed by atoms with Gasteiger partial charge in [0.1, 0.15) is 5.66 Å². The lowest BCUT2D eigenvalue weighted by molar-refractivity contribution is 0.0343. The summed E-state index contributed by atoms with van der Waals surface area (Å²) in [6.45, 7) is 2.83. The van der Waals surface area contributed by atoms with Crippen LogP contribution >= 0.6 is 0 Å². The molecule has 1 saturated carbocycles. The van der Waals surface area contributed by atoms with E-state index in [2.05, 4.69) is 30.4 Å². The molecule has 1 spiro atoms. The van der Waals surface area contributed by atoms with E-state index in [1.54, 1.807) is 0 Å². The summed E-state index contributed by atoms with van der Waals surface area (Å²) in [5, 5.41) is 13.7. The van der Waals surface area contributed by atoms with Gasteiger partial charge in [-0.05, 0) is 49.8 Å². The fraction of sp³-hybridized carbons (Fsp3) is 0.391. The fourth-order valence-electron chi connectivity index (χ4n) is 4.68. The van der Waals surface area contributed by atoms with Gasteiger partial charge in [-0.2, -0.15) is 5.26 Å². The summed E-state index contributed by atoms with van der Waals surface area (Å²) in [6.07, 6.45) is 3.96. The first kappa shape index (κ1) is 17.6. The highest BCUT2D eigenvalue weighted by molar-refractivity contribution is 6.02. The zero-order valence-electron chi connectivity index (χ0n) is 15.7. The summed E-state index contributed by atoms with van der Waals surface area (Å²) in [4.78, 5) is 15.2. The molecule has 27 heavy (non-hydrogen) atoms. The van der Waals surface area contributed by atoms with E-state index in [1.807, 2.05) is 47.4 Å². The predicted molar refractivity (Wildman–Crippen MR) is 106 cm³/mol. The molecule has 2 aliphatic rings. The zero-order chi connectivity index (χ0) is 18.9. The van der Waals surface area contributed by atoms with Crippen molar-refractivity contribution in [3.63, 3.8) is 0 Å². The number of nitrogens with one attached hydrogen (secondary N) is 1. The van der Waals surface area contributed by atoms with Crippen LogP contribution in [0.2, 0.25) is 0 Å². The average Bonchev–Trinajstić information content (AvgIpc) is 2.73. The normalized spacial score (nSPS) is 27.0. The standard InChI is InChI=1S/C23H25N3O/c1-2-16-26-21(27)19-10-6-7-11-20(19)25-23(26)14-12-22(17-24,13-15-23)18-8-4-3-5-9-18/h3-11,25H,2,12-16H2,1H3. The molecule has 0 atom stereocenters. The first-order valence-electron chi connectivity index (χ1n) is 9.80. The van der Waals surface area contributed by atoms with Crippen molar-refractivity contribution in [2.24, 2.45) is 0 Å². The van der Waals surface area contributed by atoms with Crippen molar-refractivity contribution in [2.45, 2.75) is 50.1 Å². The number of anilines is 1. The van der Waals surface area contributed by atoms with Crippen LogP contribution in [0.4, 0.5) is 5.69 Å². The number of nitriles is 1. The number of carbonyl (C=O) groups excluding carboxylic acids is 1. The number of benzene rings is 2. The number of amides is 1. The van der Waals surface area contributed by atoms with Gasteiger partial charge in [0.2, 0.25) is 0 Å². The van der Waals surface area contributed by atoms with Crippen molar-refractivity contribution in [1.82, 2.24) is 4.90 Å². The van der Waals surface area contributed by atoms with E-state index in [0.29, 0.717) is 0 Å². The van der Waals surface area contributed by atoms with Gasteiger partial charge in [0.05, 0.1) is 17.0 Å². The first-order valence-corrected chi connectivity index (χ1v) is 9.80. The molecular formula is C23H25N3O. The van der Waals surface area contributed by atoms with Gasteiger partial charge in [-0.25, -0.2) is 0 Å². The maximum absolute atomic E-state index is 13.2. The Labute approximate surface area is 160 Å². The fourth-order valence-corrected chi connectivity index (χ4v) is 4.68. The summed E-state index contributed by atoms with van der Waals surface area (Å²) in [6, 6.07) is 20.5. The van der Waals surface area contributed by atoms with E-state index in [4.69, 9.17) is 0 Å². The zero-order valence-corrected chi connectivity index (χ0v) is 15.7. The van der Waals surface area contributed by atoms with Gasteiger partial charge in [-0.15, -0.1) is 0 Å². The Bertz CT molecular complexity index is 876. The van der Waals surface area contributed by atoms with Crippen LogP contribution in [-0.2, 0) is 5.41 Å². The molecule has 1 amide bonds. The van der Waals surface area contributed by atoms with Crippen LogP contribution in [0.25, 0.3) is 0 Å². The van der Waals surface area contributed by atoms with Crippen LogP contribution in [0, 0.1) is 11.3 Å². The SMILES string of the molecule is CCCN1C(=O)c2ccccc2NC12CCC(C#N)(c1ccccc1)CC2. The molecule has 1 N–H and O–H groups in total. The molecule has 1 heterocycles. The van der Waals surface area contributed by atoms with Crippen LogP contribution in [0.5, 0.6) is 0 Å². The molecule has 0 bridgehead atoms. The second kappa shape index (κ2) is 6.74. The highest BCUT2D eigenvalue weighted by Crippen LogP contribution is 2.47. The van der Waals surface area contributed by atoms with E-state index < -0.39 is 11.1 Å². The van der Waals surface area contributed by atoms with Crippen LogP contribution < -0.4 is 5.32 Å². The van der Waals surface area contributed by atoms with E-state index in [0.717, 1.165) is 55.5 Å². The molecule has 2 aromatic rings. The minimum Gasteiger partial charge on any atom is -0.362 e. The van der Waals surface area contributed by atoms with Crippen molar-refractivity contribution in [3.05, 3.63) is 65.7 Å². The minimum atomic E-state index is -0.466. The van der Waals surface area contributed by atoms with E-state index in [9.17, 15) is 10.1 Å². The molecule has 4 nitrogen and oxygen atoms in total. The van der Waals surface area contributed by atoms with Crippen LogP contribution in [0.1, 0.15) is 54.9 Å². The predicted octanol–water partition coefficient (Wildman–Crippen LogP) is 4.70. The highest BCUT2D eigenvalue weighted by atomic mass is 16.2. The maximum atomic E-state index is 13.2. The first-order chi connectivity index (χ1) is 13.1. The van der Waals surface area contributed by atoms with Crippen molar-refractivity contribution >= 4 is 11.6 Å². The summed E-state index contributed by atoms with van der Waals surface area (Å²) in [5.74, 6) is 0.107. The molecule has 1 fully saturated rings. The van der Waals surface area contributed by atoms with Gasteiger partial charge in [-0.3, -0.25) is 4.79 Å². The van der Waals surface area contributed by atoms with Crippen molar-refractivity contribution in [2.75, 3.05) is 11.9 Å². The minimum absolute atomic E-state index is 0.107. The monoisotopic (exact) mass is 359 g/mol. The quantitative estimate of drug-likeness (QED) is 0.864. The number of nitrogens with zero attached hydrogens (tertiary/aromatic N) is 2. The molecule has 0 saturated heterocycles. The number of carbonyl (C=O) groups is 1. The summed E-state index contributed by atoms with van der Waals surface area (Å²) < 4.78 is 0. The third-order valence-electron chi connectivity index (χ3n) is 6.20. The molecule has 1 aliphatic heterocycles. The second-order valence-electron chi connectivity index (χ2n) is 7.72. The van der Waals surface area contributed by atoms with Gasteiger partial charge in [0.15, 0.2) is 0 Å². The Hall–Kier alpha value is -2.80. The van der Waals surface area contributed by atoms with Gasteiger partial charge >= 0.3 is 0 Å². The largest absolute Gasteiger partial charge is 0.362 e. The molecule has 138 valence electrons. The van der Waals surface area contributed by atoms with E-state index >= 15 is 0 Å². The van der Waals surface area contributed by atoms with Crippen LogP contribution in [0.3, 0.4) is 0 Å². The summed E-state index contributed by atoms with van der Waals surface area (Å²) in [7, 11) is 0. The van der Waals surface area contributed by atoms with Crippen LogP contribution in [-0.4, -0.2) is 23.0 Å². The number of hydrogen-bond acceptors (Lipinski definition) is 3. The Kier molecular flexibility index (Phi) is 4.39. The molecule has 0 radical (unpaired) electrons. The number of para-hydroxylation sites is 1. The molecule has 4 rings (SSSR count). The molecule has 4 heteroatoms. The topological polar surface area (TPSA) is 56.1 Å². The third kappa shape index (κ3) is 2.78. The third-order valence-corrected chi connectivity index (χ3v) is 6.20. The number of fused-ring (bicyclic) bond motifs is 1. The Morgan fingerprint density at radius 3 is 2.37 bits per heavy atom. The Balaban J connectivity index is 1.68. The highest BCUT2D eigenvalue weighted by Gasteiger charge is 2.50. The van der Waals surface area contributed by atoms with Gasteiger partial charge in [0.25, 0.3) is 5.91 Å². The van der Waals surface area contributed by atoms with Crippen molar-refractivity contribution in [3.8, 4) is 6.07 Å². The summed E-state index contributed by atoms with van der Waals surface area (Å²) >= 11 is 0. The smallest absolute Gasteiger partial charge is 0.257 e. The molecule has 0 aromatic heterocycles. The molecule has 0 unspecified atom stereocenters. The van der Waals surface area contributed by atoms with Gasteiger partial charge in [-0.1, -0.05) is 49.4 Å². The Morgan fingerprint density at radius 1 is 1.04 bits per heavy atom. The second-order valence-corrected chi connectivity index (χ2v) is 7.72. The molecular weight excluding hydrogens is 334 g/mol. The number of hydrogen-bond donors (Lipinski definition) is 1. The summed E-state index contributed by atoms with van der Waals surface area (Å²) in [5.41, 5.74) is 1.89. The van der Waals surface area contributed by atoms with Gasteiger partial charge in [0, 0.05) is 12.2 Å². The van der Waals surface area contributed by atoms with Crippen molar-refractivity contribution < 1.29 is 4.79 Å². The average molecular weight is 359 g/mol. The van der Waals surface area contributed by atoms with Crippen LogP contribution in [0.15, 0.2) is 54.6 Å². The van der Waals surface area contributed by atoms with E-state index in [1.165, 1.54) is 0 Å². The molecule has 2 aromatic carbocycles. The lowest BCUT2D eigenvalue weighted by atomic mass is 9.66. The lowest BCUT2D eigenvalue weighted by Crippen LogP contribution is -2.62. The maximum Gasteiger partial charge on any atom is 0.257 e. The Morgan fingerprint density at radius 2 is 1.70 bits per heavy atom. The van der Waals surface area contributed by atoms with Crippen molar-refractivity contribution in [1.29, 1.82) is 5.26 Å². The molecule has 1 aliphatic carbocycles. The van der Waals surface area contributed by atoms with E-state index in [-0.39, 0.29) is 5.91 Å².